The molecule has 0 aliphatic carbocycles. The first-order chi connectivity index (χ1) is 3.42. The molecule has 50 valence electrons. The van der Waals surface area contributed by atoms with Crippen LogP contribution in [0.25, 0.3) is 0 Å². The molecular formula is C3H7Na2O2PS2. The summed E-state index contributed by atoms with van der Waals surface area (Å²) >= 11 is 4.95. The minimum atomic E-state index is -3.47. The Kier molecular flexibility index (Phi) is 15.9. The molecule has 0 aliphatic heterocycles. The van der Waals surface area contributed by atoms with Crippen molar-refractivity contribution in [1.82, 2.24) is 0 Å². The molecule has 0 aliphatic rings. The molecule has 0 heterocycles. The monoisotopic (exact) mass is 216 g/mol. The fraction of sp³-hybridized carbons (Fsp3) is 1.00. The Morgan fingerprint density at radius 1 is 1.30 bits per heavy atom. The smallest absolute Gasteiger partial charge is 0.825 e. The third-order valence-corrected chi connectivity index (χ3v) is 3.83. The van der Waals surface area contributed by atoms with Crippen LogP contribution in [-0.2, 0) is 11.8 Å². The molecule has 0 rings (SSSR count). The number of hydrogen-bond acceptors (Lipinski definition) is 4. The second-order valence-electron chi connectivity index (χ2n) is 1.60. The minimum absolute atomic E-state index is 0. The van der Waals surface area contributed by atoms with Crippen molar-refractivity contribution in [1.29, 1.82) is 0 Å². The quantitative estimate of drug-likeness (QED) is 0.341. The minimum Gasteiger partial charge on any atom is -0.825 e. The van der Waals surface area contributed by atoms with E-state index in [2.05, 4.69) is 11.8 Å². The Labute approximate surface area is 115 Å². The Balaban J connectivity index is -0.000000245. The average Bonchev–Trinajstić information content (AvgIpc) is 1.21. The van der Waals surface area contributed by atoms with Gasteiger partial charge in [0.2, 0.25) is 0 Å². The van der Waals surface area contributed by atoms with E-state index in [1.54, 1.807) is 13.8 Å². The maximum Gasteiger partial charge on any atom is 1.00 e. The van der Waals surface area contributed by atoms with Crippen LogP contribution in [0.4, 0.5) is 0 Å². The molecule has 0 aromatic heterocycles. The van der Waals surface area contributed by atoms with Gasteiger partial charge in [0.05, 0.1) is 0 Å². The van der Waals surface area contributed by atoms with Gasteiger partial charge < -0.3 is 9.79 Å². The topological polar surface area (TPSA) is 46.1 Å². The molecule has 0 saturated heterocycles. The maximum absolute atomic E-state index is 10.2. The fourth-order valence-corrected chi connectivity index (χ4v) is 3.87. The zero-order valence-electron chi connectivity index (χ0n) is 6.66. The van der Waals surface area contributed by atoms with Gasteiger partial charge in [0.15, 0.2) is 0 Å². The van der Waals surface area contributed by atoms with Gasteiger partial charge >= 0.3 is 59.1 Å². The van der Waals surface area contributed by atoms with Gasteiger partial charge in [-0.2, -0.15) is 17.1 Å². The summed E-state index contributed by atoms with van der Waals surface area (Å²) in [6, 6.07) is 0. The zero-order valence-corrected chi connectivity index (χ0v) is 13.2. The van der Waals surface area contributed by atoms with Gasteiger partial charge in [0.25, 0.3) is 0 Å². The molecule has 0 atom stereocenters. The van der Waals surface area contributed by atoms with E-state index in [-0.39, 0.29) is 64.4 Å². The number of rotatable bonds is 2. The van der Waals surface area contributed by atoms with Crippen molar-refractivity contribution in [2.45, 2.75) is 19.1 Å². The van der Waals surface area contributed by atoms with Gasteiger partial charge in [-0.3, -0.25) is 0 Å². The largest absolute Gasteiger partial charge is 1.00 e. The van der Waals surface area contributed by atoms with E-state index in [1.807, 2.05) is 0 Å². The molecule has 0 unspecified atom stereocenters. The van der Waals surface area contributed by atoms with Crippen molar-refractivity contribution in [2.75, 3.05) is 0 Å². The zero-order chi connectivity index (χ0) is 6.78. The van der Waals surface area contributed by atoms with Crippen LogP contribution in [0.5, 0.6) is 0 Å². The predicted octanol–water partition coefficient (Wildman–Crippen LogP) is -5.92. The van der Waals surface area contributed by atoms with E-state index in [0.717, 1.165) is 11.4 Å². The summed E-state index contributed by atoms with van der Waals surface area (Å²) in [4.78, 5) is 20.5. The van der Waals surface area contributed by atoms with E-state index in [4.69, 9.17) is 0 Å². The average molecular weight is 216 g/mol. The maximum atomic E-state index is 10.2. The van der Waals surface area contributed by atoms with Crippen molar-refractivity contribution in [3.63, 3.8) is 0 Å². The van der Waals surface area contributed by atoms with Crippen molar-refractivity contribution >= 4 is 28.9 Å². The molecule has 2 nitrogen and oxygen atoms in total. The van der Waals surface area contributed by atoms with Crippen molar-refractivity contribution in [3.05, 3.63) is 0 Å². The third kappa shape index (κ3) is 17.1. The van der Waals surface area contributed by atoms with Crippen molar-refractivity contribution < 1.29 is 68.9 Å². The predicted molar refractivity (Wildman–Crippen MR) is 37.0 cm³/mol. The molecule has 0 aromatic rings. The molecule has 0 aromatic carbocycles. The molecule has 0 bridgehead atoms. The van der Waals surface area contributed by atoms with Crippen LogP contribution in [0.3, 0.4) is 0 Å². The number of hydrogen-bond donors (Lipinski definition) is 0. The summed E-state index contributed by atoms with van der Waals surface area (Å²) < 4.78 is 0. The molecule has 0 radical (unpaired) electrons. The van der Waals surface area contributed by atoms with E-state index < -0.39 is 5.69 Å². The van der Waals surface area contributed by atoms with E-state index in [1.165, 1.54) is 0 Å². The van der Waals surface area contributed by atoms with Crippen LogP contribution in [0.1, 0.15) is 13.8 Å². The van der Waals surface area contributed by atoms with Gasteiger partial charge in [-0.25, -0.2) is 0 Å². The van der Waals surface area contributed by atoms with Crippen LogP contribution in [0.15, 0.2) is 0 Å². The molecule has 0 fully saturated rings. The first kappa shape index (κ1) is 18.7. The third-order valence-electron chi connectivity index (χ3n) is 0.340. The molecule has 0 spiro atoms. The van der Waals surface area contributed by atoms with E-state index in [0.29, 0.717) is 0 Å². The molecule has 0 N–H and O–H groups in total. The van der Waals surface area contributed by atoms with Crippen LogP contribution >= 0.6 is 17.1 Å². The Bertz CT molecular complexity index is 115. The second-order valence-corrected chi connectivity index (χ2v) is 7.86. The van der Waals surface area contributed by atoms with Gasteiger partial charge in [0, 0.05) is 5.25 Å². The first-order valence-electron chi connectivity index (χ1n) is 2.12. The molecule has 0 saturated carbocycles. The van der Waals surface area contributed by atoms with Crippen LogP contribution in [0, 0.1) is 0 Å². The van der Waals surface area contributed by atoms with Crippen LogP contribution in [-0.4, -0.2) is 5.25 Å². The second kappa shape index (κ2) is 8.52. The summed E-state index contributed by atoms with van der Waals surface area (Å²) in [5.74, 6) is 0. The van der Waals surface area contributed by atoms with Crippen molar-refractivity contribution in [3.8, 4) is 0 Å². The molecular weight excluding hydrogens is 209 g/mol. The van der Waals surface area contributed by atoms with Gasteiger partial charge in [-0.1, -0.05) is 13.8 Å². The van der Waals surface area contributed by atoms with Gasteiger partial charge in [-0.15, -0.1) is 11.8 Å². The summed E-state index contributed by atoms with van der Waals surface area (Å²) in [6.07, 6.45) is 0. The van der Waals surface area contributed by atoms with Crippen LogP contribution in [0.2, 0.25) is 0 Å². The summed E-state index contributed by atoms with van der Waals surface area (Å²) in [5.41, 5.74) is -3.47. The molecule has 0 amide bonds. The van der Waals surface area contributed by atoms with Crippen LogP contribution < -0.4 is 68.9 Å². The summed E-state index contributed by atoms with van der Waals surface area (Å²) in [5, 5.41) is 0.0795. The van der Waals surface area contributed by atoms with E-state index >= 15 is 0 Å². The standard InChI is InChI=1S/C3H9O2PS2.2Na/c1-3(2)8-6(4,5)7;;/h3H,1-2H3,(H2,4,5,7);;/q;2*+1/p-2. The Morgan fingerprint density at radius 3 is 1.60 bits per heavy atom. The summed E-state index contributed by atoms with van der Waals surface area (Å²) in [6.45, 7) is 3.59. The first-order valence-corrected chi connectivity index (χ1v) is 6.24. The fourth-order valence-electron chi connectivity index (χ4n) is 0.258. The van der Waals surface area contributed by atoms with Gasteiger partial charge in [0.1, 0.15) is 0 Å². The van der Waals surface area contributed by atoms with E-state index in [9.17, 15) is 9.79 Å². The normalized spacial score (nSPS) is 10.1. The SMILES string of the molecule is CC(C)SP([O-])([O-])=S.[Na+].[Na+]. The summed E-state index contributed by atoms with van der Waals surface area (Å²) in [7, 11) is 0. The Hall–Kier alpha value is 2.92. The molecule has 10 heavy (non-hydrogen) atoms. The Morgan fingerprint density at radius 2 is 1.60 bits per heavy atom. The van der Waals surface area contributed by atoms with Gasteiger partial charge in [-0.05, 0) is 0 Å². The van der Waals surface area contributed by atoms with Crippen molar-refractivity contribution in [2.24, 2.45) is 0 Å². The molecule has 7 heteroatoms.